The zero-order valence-corrected chi connectivity index (χ0v) is 11.1. The second-order valence-corrected chi connectivity index (χ2v) is 4.62. The predicted octanol–water partition coefficient (Wildman–Crippen LogP) is 3.25. The van der Waals surface area contributed by atoms with Gasteiger partial charge in [0.1, 0.15) is 5.75 Å². The van der Waals surface area contributed by atoms with Crippen molar-refractivity contribution in [2.75, 3.05) is 6.61 Å². The molecule has 0 spiro atoms. The molecule has 94 valence electrons. The highest BCUT2D eigenvalue weighted by molar-refractivity contribution is 6.32. The van der Waals surface area contributed by atoms with E-state index < -0.39 is 0 Å². The number of hydrogen-bond acceptors (Lipinski definition) is 2. The Kier molecular flexibility index (Phi) is 3.72. The molecular formula is C14H14ClNO2. The lowest BCUT2D eigenvalue weighted by Crippen LogP contribution is -2.11. The number of ether oxygens (including phenoxy) is 1. The van der Waals surface area contributed by atoms with E-state index in [0.29, 0.717) is 16.3 Å². The van der Waals surface area contributed by atoms with Crippen LogP contribution in [0.1, 0.15) is 15.9 Å². The Morgan fingerprint density at radius 1 is 1.39 bits per heavy atom. The van der Waals surface area contributed by atoms with Crippen LogP contribution in [0.5, 0.6) is 5.75 Å². The summed E-state index contributed by atoms with van der Waals surface area (Å²) in [6.07, 6.45) is 3.59. The first-order valence-electron chi connectivity index (χ1n) is 5.60. The maximum absolute atomic E-state index is 11.8. The lowest BCUT2D eigenvalue weighted by Gasteiger charge is -2.07. The van der Waals surface area contributed by atoms with Crippen molar-refractivity contribution in [1.29, 1.82) is 0 Å². The van der Waals surface area contributed by atoms with Gasteiger partial charge in [-0.3, -0.25) is 4.79 Å². The lowest BCUT2D eigenvalue weighted by molar-refractivity contribution is 0.0921. The summed E-state index contributed by atoms with van der Waals surface area (Å²) in [5.74, 6) is 0.481. The van der Waals surface area contributed by atoms with Crippen LogP contribution in [0.3, 0.4) is 0 Å². The highest BCUT2D eigenvalue weighted by atomic mass is 35.5. The van der Waals surface area contributed by atoms with Gasteiger partial charge in [-0.15, -0.1) is 0 Å². The molecule has 2 aromatic rings. The van der Waals surface area contributed by atoms with Crippen LogP contribution in [0.25, 0.3) is 0 Å². The first kappa shape index (κ1) is 12.7. The number of carbonyl (C=O) groups is 1. The molecular weight excluding hydrogens is 250 g/mol. The molecule has 0 saturated heterocycles. The fourth-order valence-electron chi connectivity index (χ4n) is 1.62. The van der Waals surface area contributed by atoms with Crippen LogP contribution in [-0.4, -0.2) is 17.0 Å². The van der Waals surface area contributed by atoms with Gasteiger partial charge < -0.3 is 9.30 Å². The maximum atomic E-state index is 11.8. The summed E-state index contributed by atoms with van der Waals surface area (Å²) in [5, 5.41) is 0.515. The number of halogens is 1. The molecule has 18 heavy (non-hydrogen) atoms. The molecule has 0 aliphatic carbocycles. The molecule has 1 aromatic heterocycles. The molecule has 3 nitrogen and oxygen atoms in total. The summed E-state index contributed by atoms with van der Waals surface area (Å²) < 4.78 is 7.28. The fourth-order valence-corrected chi connectivity index (χ4v) is 1.79. The minimum atomic E-state index is -0.0619. The summed E-state index contributed by atoms with van der Waals surface area (Å²) in [7, 11) is 1.87. The van der Waals surface area contributed by atoms with E-state index in [1.165, 1.54) is 0 Å². The lowest BCUT2D eigenvalue weighted by atomic mass is 10.2. The third-order valence-electron chi connectivity index (χ3n) is 2.60. The smallest absolute Gasteiger partial charge is 0.201 e. The Labute approximate surface area is 111 Å². The van der Waals surface area contributed by atoms with E-state index in [1.807, 2.05) is 36.9 Å². The van der Waals surface area contributed by atoms with Crippen molar-refractivity contribution in [3.63, 3.8) is 0 Å². The number of hydrogen-bond donors (Lipinski definition) is 0. The quantitative estimate of drug-likeness (QED) is 0.793. The highest BCUT2D eigenvalue weighted by Gasteiger charge is 2.09. The Balaban J connectivity index is 2.03. The van der Waals surface area contributed by atoms with Gasteiger partial charge in [-0.1, -0.05) is 17.7 Å². The summed E-state index contributed by atoms with van der Waals surface area (Å²) >= 11 is 5.99. The molecule has 0 radical (unpaired) electrons. The number of aromatic nitrogens is 1. The van der Waals surface area contributed by atoms with Crippen LogP contribution in [0.15, 0.2) is 36.7 Å². The predicted molar refractivity (Wildman–Crippen MR) is 71.4 cm³/mol. The van der Waals surface area contributed by atoms with Gasteiger partial charge in [0, 0.05) is 25.0 Å². The number of Topliss-reactive ketones (excluding diaryl/α,β-unsaturated/α-hetero) is 1. The fraction of sp³-hybridized carbons (Fsp3) is 0.214. The van der Waals surface area contributed by atoms with Crippen molar-refractivity contribution in [1.82, 2.24) is 4.57 Å². The number of benzene rings is 1. The molecule has 0 N–H and O–H groups in total. The summed E-state index contributed by atoms with van der Waals surface area (Å²) in [6.45, 7) is 1.94. The molecule has 1 aromatic carbocycles. The normalized spacial score (nSPS) is 10.4. The van der Waals surface area contributed by atoms with Crippen molar-refractivity contribution >= 4 is 17.4 Å². The Morgan fingerprint density at radius 3 is 2.83 bits per heavy atom. The average molecular weight is 264 g/mol. The zero-order chi connectivity index (χ0) is 13.1. The third-order valence-corrected chi connectivity index (χ3v) is 2.91. The summed E-state index contributed by atoms with van der Waals surface area (Å²) in [5.41, 5.74) is 1.68. The van der Waals surface area contributed by atoms with Crippen LogP contribution < -0.4 is 4.74 Å². The third kappa shape index (κ3) is 2.93. The first-order chi connectivity index (χ1) is 8.56. The van der Waals surface area contributed by atoms with Gasteiger partial charge in [-0.2, -0.15) is 0 Å². The Hall–Kier alpha value is -1.74. The molecule has 0 aliphatic rings. The summed E-state index contributed by atoms with van der Waals surface area (Å²) in [6, 6.07) is 7.25. The van der Waals surface area contributed by atoms with Crippen molar-refractivity contribution in [3.8, 4) is 5.75 Å². The summed E-state index contributed by atoms with van der Waals surface area (Å²) in [4.78, 5) is 11.8. The van der Waals surface area contributed by atoms with Gasteiger partial charge in [0.2, 0.25) is 5.78 Å². The largest absolute Gasteiger partial charge is 0.484 e. The van der Waals surface area contributed by atoms with Crippen LogP contribution in [-0.2, 0) is 7.05 Å². The van der Waals surface area contributed by atoms with Gasteiger partial charge >= 0.3 is 0 Å². The number of rotatable bonds is 4. The average Bonchev–Trinajstić information content (AvgIpc) is 2.77. The molecule has 0 bridgehead atoms. The van der Waals surface area contributed by atoms with E-state index in [9.17, 15) is 4.79 Å². The molecule has 4 heteroatoms. The van der Waals surface area contributed by atoms with Crippen molar-refractivity contribution < 1.29 is 9.53 Å². The highest BCUT2D eigenvalue weighted by Crippen LogP contribution is 2.25. The van der Waals surface area contributed by atoms with Crippen molar-refractivity contribution in [2.45, 2.75) is 6.92 Å². The second-order valence-electron chi connectivity index (χ2n) is 4.21. The molecule has 0 atom stereocenters. The number of carbonyl (C=O) groups excluding carboxylic acids is 1. The molecule has 0 aliphatic heterocycles. The van der Waals surface area contributed by atoms with Crippen LogP contribution in [0, 0.1) is 6.92 Å². The molecule has 0 saturated carbocycles. The van der Waals surface area contributed by atoms with Crippen molar-refractivity contribution in [3.05, 3.63) is 52.8 Å². The topological polar surface area (TPSA) is 31.2 Å². The van der Waals surface area contributed by atoms with E-state index in [4.69, 9.17) is 16.3 Å². The monoisotopic (exact) mass is 263 g/mol. The van der Waals surface area contributed by atoms with E-state index in [-0.39, 0.29) is 12.4 Å². The van der Waals surface area contributed by atoms with Crippen LogP contribution in [0.2, 0.25) is 5.02 Å². The van der Waals surface area contributed by atoms with Gasteiger partial charge in [-0.05, 0) is 30.7 Å². The van der Waals surface area contributed by atoms with Gasteiger partial charge in [-0.25, -0.2) is 0 Å². The minimum Gasteiger partial charge on any atom is -0.484 e. The number of ketones is 1. The Morgan fingerprint density at radius 2 is 2.17 bits per heavy atom. The second kappa shape index (κ2) is 5.27. The minimum absolute atomic E-state index is 0.00676. The number of aryl methyl sites for hydroxylation is 2. The molecule has 0 fully saturated rings. The molecule has 1 heterocycles. The Bertz CT molecular complexity index is 575. The van der Waals surface area contributed by atoms with E-state index >= 15 is 0 Å². The van der Waals surface area contributed by atoms with Gasteiger partial charge in [0.15, 0.2) is 6.61 Å². The first-order valence-corrected chi connectivity index (χ1v) is 5.98. The van der Waals surface area contributed by atoms with Crippen LogP contribution in [0.4, 0.5) is 0 Å². The van der Waals surface area contributed by atoms with Gasteiger partial charge in [0.05, 0.1) is 5.02 Å². The molecule has 2 rings (SSSR count). The van der Waals surface area contributed by atoms with Crippen LogP contribution >= 0.6 is 11.6 Å². The molecule has 0 unspecified atom stereocenters. The zero-order valence-electron chi connectivity index (χ0n) is 10.3. The standard InChI is InChI=1S/C14H14ClNO2/c1-10-3-4-12(15)14(7-10)18-9-13(17)11-5-6-16(2)8-11/h3-8H,9H2,1-2H3. The SMILES string of the molecule is Cc1ccc(Cl)c(OCC(=O)c2ccn(C)c2)c1. The van der Waals surface area contributed by atoms with E-state index in [0.717, 1.165) is 5.56 Å². The van der Waals surface area contributed by atoms with Crippen molar-refractivity contribution in [2.24, 2.45) is 7.05 Å². The maximum Gasteiger partial charge on any atom is 0.201 e. The number of nitrogens with zero attached hydrogens (tertiary/aromatic N) is 1. The van der Waals surface area contributed by atoms with E-state index in [2.05, 4.69) is 0 Å². The van der Waals surface area contributed by atoms with E-state index in [1.54, 1.807) is 18.3 Å². The molecule has 0 amide bonds. The van der Waals surface area contributed by atoms with Gasteiger partial charge in [0.25, 0.3) is 0 Å².